The lowest BCUT2D eigenvalue weighted by atomic mass is 10.0. The first-order chi connectivity index (χ1) is 9.28. The second kappa shape index (κ2) is 4.66. The smallest absolute Gasteiger partial charge is 0.146 e. The number of aryl methyl sites for hydroxylation is 1. The van der Waals surface area contributed by atoms with E-state index in [0.717, 1.165) is 29.1 Å². The number of ether oxygens (including phenoxy) is 1. The SMILES string of the molecule is Cc1cccc2c1OC(c1ccc(C#N)cc1)CN2. The van der Waals surface area contributed by atoms with Crippen LogP contribution in [0.4, 0.5) is 5.69 Å². The van der Waals surface area contributed by atoms with E-state index in [2.05, 4.69) is 11.4 Å². The van der Waals surface area contributed by atoms with Crippen LogP contribution in [-0.2, 0) is 0 Å². The molecule has 0 saturated carbocycles. The van der Waals surface area contributed by atoms with Gasteiger partial charge in [-0.1, -0.05) is 24.3 Å². The highest BCUT2D eigenvalue weighted by Crippen LogP contribution is 2.36. The van der Waals surface area contributed by atoms with E-state index < -0.39 is 0 Å². The summed E-state index contributed by atoms with van der Waals surface area (Å²) >= 11 is 0. The number of para-hydroxylation sites is 1. The molecule has 3 heteroatoms. The highest BCUT2D eigenvalue weighted by Gasteiger charge is 2.21. The molecule has 2 aromatic carbocycles. The minimum Gasteiger partial charge on any atom is -0.481 e. The van der Waals surface area contributed by atoms with Crippen LogP contribution in [0.2, 0.25) is 0 Å². The molecule has 2 aromatic rings. The molecule has 0 bridgehead atoms. The molecular weight excluding hydrogens is 236 g/mol. The Bertz CT molecular complexity index is 641. The largest absolute Gasteiger partial charge is 0.481 e. The number of anilines is 1. The summed E-state index contributed by atoms with van der Waals surface area (Å²) in [4.78, 5) is 0. The molecule has 0 aliphatic carbocycles. The Labute approximate surface area is 112 Å². The maximum absolute atomic E-state index is 8.81. The van der Waals surface area contributed by atoms with Crippen LogP contribution in [0.3, 0.4) is 0 Å². The third-order valence-corrected chi connectivity index (χ3v) is 3.36. The van der Waals surface area contributed by atoms with Gasteiger partial charge < -0.3 is 10.1 Å². The molecular formula is C16H14N2O. The minimum atomic E-state index is -0.0126. The topological polar surface area (TPSA) is 45.0 Å². The Morgan fingerprint density at radius 2 is 2.00 bits per heavy atom. The zero-order valence-corrected chi connectivity index (χ0v) is 10.7. The zero-order chi connectivity index (χ0) is 13.2. The Kier molecular flexibility index (Phi) is 2.85. The molecule has 19 heavy (non-hydrogen) atoms. The molecule has 1 aliphatic rings. The third kappa shape index (κ3) is 2.13. The van der Waals surface area contributed by atoms with E-state index in [1.165, 1.54) is 0 Å². The molecule has 0 saturated heterocycles. The second-order valence-corrected chi connectivity index (χ2v) is 4.67. The maximum atomic E-state index is 8.81. The van der Waals surface area contributed by atoms with Crippen LogP contribution in [0.15, 0.2) is 42.5 Å². The predicted octanol–water partition coefficient (Wildman–Crippen LogP) is 3.41. The number of hydrogen-bond donors (Lipinski definition) is 1. The molecule has 1 aliphatic heterocycles. The first kappa shape index (κ1) is 11.6. The molecule has 0 amide bonds. The third-order valence-electron chi connectivity index (χ3n) is 3.36. The average molecular weight is 250 g/mol. The van der Waals surface area contributed by atoms with E-state index in [1.807, 2.05) is 49.4 Å². The number of rotatable bonds is 1. The molecule has 1 N–H and O–H groups in total. The molecule has 0 aromatic heterocycles. The van der Waals surface area contributed by atoms with Gasteiger partial charge >= 0.3 is 0 Å². The fraction of sp³-hybridized carbons (Fsp3) is 0.188. The van der Waals surface area contributed by atoms with Gasteiger partial charge in [0.2, 0.25) is 0 Å². The van der Waals surface area contributed by atoms with Crippen LogP contribution in [0.1, 0.15) is 22.8 Å². The van der Waals surface area contributed by atoms with Crippen molar-refractivity contribution in [3.8, 4) is 11.8 Å². The fourth-order valence-corrected chi connectivity index (χ4v) is 2.29. The van der Waals surface area contributed by atoms with Crippen LogP contribution in [-0.4, -0.2) is 6.54 Å². The van der Waals surface area contributed by atoms with E-state index >= 15 is 0 Å². The van der Waals surface area contributed by atoms with Gasteiger partial charge in [-0.2, -0.15) is 5.26 Å². The van der Waals surface area contributed by atoms with Gasteiger partial charge in [-0.15, -0.1) is 0 Å². The Balaban J connectivity index is 1.89. The van der Waals surface area contributed by atoms with Crippen molar-refractivity contribution in [3.05, 3.63) is 59.2 Å². The van der Waals surface area contributed by atoms with Gasteiger partial charge in [-0.05, 0) is 36.2 Å². The molecule has 1 heterocycles. The van der Waals surface area contributed by atoms with Gasteiger partial charge in [-0.3, -0.25) is 0 Å². The summed E-state index contributed by atoms with van der Waals surface area (Å²) in [5, 5.41) is 12.2. The normalized spacial score (nSPS) is 16.7. The summed E-state index contributed by atoms with van der Waals surface area (Å²) in [6, 6.07) is 15.8. The van der Waals surface area contributed by atoms with Crippen molar-refractivity contribution in [1.82, 2.24) is 0 Å². The Morgan fingerprint density at radius 1 is 1.21 bits per heavy atom. The summed E-state index contributed by atoms with van der Waals surface area (Å²) in [7, 11) is 0. The van der Waals surface area contributed by atoms with Gasteiger partial charge in [0.15, 0.2) is 0 Å². The van der Waals surface area contributed by atoms with Crippen LogP contribution in [0.5, 0.6) is 5.75 Å². The molecule has 3 nitrogen and oxygen atoms in total. The lowest BCUT2D eigenvalue weighted by Crippen LogP contribution is -2.24. The van der Waals surface area contributed by atoms with Gasteiger partial charge in [0.05, 0.1) is 23.9 Å². The van der Waals surface area contributed by atoms with Crippen LogP contribution in [0, 0.1) is 18.3 Å². The summed E-state index contributed by atoms with van der Waals surface area (Å²) in [6.07, 6.45) is -0.0126. The quantitative estimate of drug-likeness (QED) is 0.843. The number of benzene rings is 2. The highest BCUT2D eigenvalue weighted by molar-refractivity contribution is 5.61. The van der Waals surface area contributed by atoms with Gasteiger partial charge in [0.1, 0.15) is 11.9 Å². The number of fused-ring (bicyclic) bond motifs is 1. The van der Waals surface area contributed by atoms with Crippen LogP contribution in [0.25, 0.3) is 0 Å². The van der Waals surface area contributed by atoms with Crippen molar-refractivity contribution < 1.29 is 4.74 Å². The van der Waals surface area contributed by atoms with Crippen LogP contribution < -0.4 is 10.1 Å². The van der Waals surface area contributed by atoms with Gasteiger partial charge in [-0.25, -0.2) is 0 Å². The van der Waals surface area contributed by atoms with Crippen molar-refractivity contribution in [2.75, 3.05) is 11.9 Å². The summed E-state index contributed by atoms with van der Waals surface area (Å²) in [5.74, 6) is 0.920. The number of nitrogens with one attached hydrogen (secondary N) is 1. The lowest BCUT2D eigenvalue weighted by Gasteiger charge is -2.28. The first-order valence-corrected chi connectivity index (χ1v) is 6.28. The van der Waals surface area contributed by atoms with E-state index in [0.29, 0.717) is 5.56 Å². The van der Waals surface area contributed by atoms with E-state index in [-0.39, 0.29) is 6.10 Å². The summed E-state index contributed by atoms with van der Waals surface area (Å²) < 4.78 is 6.08. The van der Waals surface area contributed by atoms with Crippen molar-refractivity contribution in [2.24, 2.45) is 0 Å². The average Bonchev–Trinajstić information content (AvgIpc) is 2.47. The lowest BCUT2D eigenvalue weighted by molar-refractivity contribution is 0.209. The van der Waals surface area contributed by atoms with E-state index in [4.69, 9.17) is 10.00 Å². The molecule has 94 valence electrons. The second-order valence-electron chi connectivity index (χ2n) is 4.67. The molecule has 1 unspecified atom stereocenters. The predicted molar refractivity (Wildman–Crippen MR) is 74.2 cm³/mol. The summed E-state index contributed by atoms with van der Waals surface area (Å²) in [5.41, 5.74) is 3.93. The zero-order valence-electron chi connectivity index (χ0n) is 10.7. The first-order valence-electron chi connectivity index (χ1n) is 6.28. The minimum absolute atomic E-state index is 0.0126. The van der Waals surface area contributed by atoms with Crippen molar-refractivity contribution >= 4 is 5.69 Å². The van der Waals surface area contributed by atoms with E-state index in [1.54, 1.807) is 0 Å². The highest BCUT2D eigenvalue weighted by atomic mass is 16.5. The van der Waals surface area contributed by atoms with Gasteiger partial charge in [0, 0.05) is 0 Å². The Hall–Kier alpha value is -2.47. The molecule has 0 radical (unpaired) electrons. The number of hydrogen-bond acceptors (Lipinski definition) is 3. The molecule has 0 fully saturated rings. The van der Waals surface area contributed by atoms with Crippen molar-refractivity contribution in [3.63, 3.8) is 0 Å². The van der Waals surface area contributed by atoms with E-state index in [9.17, 15) is 0 Å². The number of nitrogens with zero attached hydrogens (tertiary/aromatic N) is 1. The van der Waals surface area contributed by atoms with Crippen LogP contribution >= 0.6 is 0 Å². The van der Waals surface area contributed by atoms with Crippen molar-refractivity contribution in [2.45, 2.75) is 13.0 Å². The number of nitriles is 1. The summed E-state index contributed by atoms with van der Waals surface area (Å²) in [6.45, 7) is 2.78. The maximum Gasteiger partial charge on any atom is 0.146 e. The Morgan fingerprint density at radius 3 is 2.74 bits per heavy atom. The monoisotopic (exact) mass is 250 g/mol. The molecule has 3 rings (SSSR count). The molecule has 0 spiro atoms. The molecule has 1 atom stereocenters. The van der Waals surface area contributed by atoms with Crippen molar-refractivity contribution in [1.29, 1.82) is 5.26 Å². The van der Waals surface area contributed by atoms with Gasteiger partial charge in [0.25, 0.3) is 0 Å². The fourth-order valence-electron chi connectivity index (χ4n) is 2.29. The standard InChI is InChI=1S/C16H14N2O/c1-11-3-2-4-14-16(11)19-15(10-18-14)13-7-5-12(9-17)6-8-13/h2-8,15,18H,10H2,1H3.